The summed E-state index contributed by atoms with van der Waals surface area (Å²) >= 11 is 0. The van der Waals surface area contributed by atoms with Crippen LogP contribution >= 0.6 is 0 Å². The third kappa shape index (κ3) is 4.82. The van der Waals surface area contributed by atoms with Gasteiger partial charge in [0, 0.05) is 39.8 Å². The molecule has 2 aliphatic rings. The normalized spacial score (nSPS) is 23.9. The Kier molecular flexibility index (Phi) is 6.08. The lowest BCUT2D eigenvalue weighted by Crippen LogP contribution is -2.34. The molecule has 1 aromatic heterocycles. The van der Waals surface area contributed by atoms with E-state index in [-0.39, 0.29) is 6.10 Å². The standard InChI is InChI=1S/C20H30N4O/c1-4-5-10-18(25-20-12-11-19(21-22-20)23(2)3)15-24-13-16-8-6-7-9-17(16)14-24/h4,6-7,11-12,16-18H,1,5,8-10,13-15H2,2-3H3/t16-,17+,18-/m1/s1. The fourth-order valence-corrected chi connectivity index (χ4v) is 3.83. The van der Waals surface area contributed by atoms with Crippen LogP contribution in [-0.4, -0.2) is 54.9 Å². The van der Waals surface area contributed by atoms with Crippen molar-refractivity contribution in [3.63, 3.8) is 0 Å². The van der Waals surface area contributed by atoms with Gasteiger partial charge in [0.2, 0.25) is 5.88 Å². The number of allylic oxidation sites excluding steroid dienone is 3. The lowest BCUT2D eigenvalue weighted by atomic mass is 9.86. The molecule has 0 saturated carbocycles. The van der Waals surface area contributed by atoms with Gasteiger partial charge in [-0.25, -0.2) is 0 Å². The minimum atomic E-state index is 0.130. The van der Waals surface area contributed by atoms with E-state index < -0.39 is 0 Å². The Morgan fingerprint density at radius 3 is 2.52 bits per heavy atom. The number of anilines is 1. The summed E-state index contributed by atoms with van der Waals surface area (Å²) in [5.41, 5.74) is 0. The summed E-state index contributed by atoms with van der Waals surface area (Å²) < 4.78 is 6.17. The van der Waals surface area contributed by atoms with Gasteiger partial charge in [-0.2, -0.15) is 0 Å². The molecule has 2 heterocycles. The minimum absolute atomic E-state index is 0.130. The van der Waals surface area contributed by atoms with Crippen LogP contribution in [0.15, 0.2) is 36.9 Å². The molecule has 0 unspecified atom stereocenters. The number of rotatable bonds is 8. The van der Waals surface area contributed by atoms with Crippen LogP contribution in [0.4, 0.5) is 5.82 Å². The molecular weight excluding hydrogens is 312 g/mol. The number of hydrogen-bond acceptors (Lipinski definition) is 5. The zero-order valence-corrected chi connectivity index (χ0v) is 15.5. The van der Waals surface area contributed by atoms with Crippen LogP contribution < -0.4 is 9.64 Å². The monoisotopic (exact) mass is 342 g/mol. The Hall–Kier alpha value is -1.88. The van der Waals surface area contributed by atoms with Gasteiger partial charge in [-0.3, -0.25) is 4.90 Å². The first-order chi connectivity index (χ1) is 12.2. The molecule has 25 heavy (non-hydrogen) atoms. The smallest absolute Gasteiger partial charge is 0.233 e. The molecule has 136 valence electrons. The molecule has 1 aromatic rings. The second-order valence-electron chi connectivity index (χ2n) is 7.41. The second kappa shape index (κ2) is 8.48. The van der Waals surface area contributed by atoms with Gasteiger partial charge >= 0.3 is 0 Å². The van der Waals surface area contributed by atoms with Crippen molar-refractivity contribution in [3.8, 4) is 5.88 Å². The van der Waals surface area contributed by atoms with Crippen LogP contribution in [0.1, 0.15) is 25.7 Å². The van der Waals surface area contributed by atoms with Gasteiger partial charge in [0.25, 0.3) is 0 Å². The highest BCUT2D eigenvalue weighted by Crippen LogP contribution is 2.33. The zero-order valence-electron chi connectivity index (χ0n) is 15.5. The molecule has 1 aliphatic heterocycles. The van der Waals surface area contributed by atoms with Gasteiger partial charge in [-0.05, 0) is 43.6 Å². The van der Waals surface area contributed by atoms with E-state index >= 15 is 0 Å². The van der Waals surface area contributed by atoms with Gasteiger partial charge in [0.15, 0.2) is 5.82 Å². The highest BCUT2D eigenvalue weighted by Gasteiger charge is 2.33. The van der Waals surface area contributed by atoms with E-state index in [0.29, 0.717) is 5.88 Å². The topological polar surface area (TPSA) is 41.5 Å². The fourth-order valence-electron chi connectivity index (χ4n) is 3.83. The summed E-state index contributed by atoms with van der Waals surface area (Å²) in [6, 6.07) is 3.86. The van der Waals surface area contributed by atoms with E-state index in [1.165, 1.54) is 25.9 Å². The molecule has 1 saturated heterocycles. The quantitative estimate of drug-likeness (QED) is 0.679. The van der Waals surface area contributed by atoms with Crippen molar-refractivity contribution in [1.29, 1.82) is 0 Å². The zero-order chi connectivity index (χ0) is 17.6. The maximum absolute atomic E-state index is 6.17. The Bertz CT molecular complexity index is 568. The Balaban J connectivity index is 1.58. The van der Waals surface area contributed by atoms with E-state index in [0.717, 1.165) is 37.0 Å². The molecule has 5 heteroatoms. The number of ether oxygens (including phenoxy) is 1. The van der Waals surface area contributed by atoms with E-state index in [4.69, 9.17) is 4.74 Å². The van der Waals surface area contributed by atoms with Gasteiger partial charge in [0.1, 0.15) is 6.10 Å². The summed E-state index contributed by atoms with van der Waals surface area (Å²) in [6.45, 7) is 7.18. The predicted octanol–water partition coefficient (Wildman–Crippen LogP) is 3.15. The van der Waals surface area contributed by atoms with Crippen molar-refractivity contribution < 1.29 is 4.74 Å². The maximum Gasteiger partial charge on any atom is 0.233 e. The average molecular weight is 342 g/mol. The summed E-state index contributed by atoms with van der Waals surface area (Å²) in [7, 11) is 3.91. The Labute approximate surface area is 151 Å². The molecule has 1 fully saturated rings. The number of hydrogen-bond donors (Lipinski definition) is 0. The lowest BCUT2D eigenvalue weighted by Gasteiger charge is -2.24. The molecule has 5 nitrogen and oxygen atoms in total. The molecule has 0 aromatic carbocycles. The van der Waals surface area contributed by atoms with Gasteiger partial charge in [0.05, 0.1) is 0 Å². The predicted molar refractivity (Wildman–Crippen MR) is 102 cm³/mol. The summed E-state index contributed by atoms with van der Waals surface area (Å²) in [5.74, 6) is 3.09. The van der Waals surface area contributed by atoms with E-state index in [9.17, 15) is 0 Å². The van der Waals surface area contributed by atoms with Crippen molar-refractivity contribution in [2.45, 2.75) is 31.8 Å². The number of likely N-dealkylation sites (tertiary alicyclic amines) is 1. The van der Waals surface area contributed by atoms with E-state index in [1.807, 2.05) is 37.2 Å². The van der Waals surface area contributed by atoms with Crippen molar-refractivity contribution in [2.75, 3.05) is 38.6 Å². The van der Waals surface area contributed by atoms with E-state index in [1.54, 1.807) is 0 Å². The molecule has 0 amide bonds. The van der Waals surface area contributed by atoms with Crippen molar-refractivity contribution in [1.82, 2.24) is 15.1 Å². The number of aromatic nitrogens is 2. The number of fused-ring (bicyclic) bond motifs is 1. The van der Waals surface area contributed by atoms with Gasteiger partial charge in [-0.1, -0.05) is 18.2 Å². The molecular formula is C20H30N4O. The Morgan fingerprint density at radius 1 is 1.24 bits per heavy atom. The van der Waals surface area contributed by atoms with Crippen LogP contribution in [0, 0.1) is 11.8 Å². The molecule has 0 bridgehead atoms. The van der Waals surface area contributed by atoms with Gasteiger partial charge in [-0.15, -0.1) is 16.8 Å². The third-order valence-electron chi connectivity index (χ3n) is 5.22. The van der Waals surface area contributed by atoms with Crippen LogP contribution in [0.3, 0.4) is 0 Å². The van der Waals surface area contributed by atoms with E-state index in [2.05, 4.69) is 33.8 Å². The van der Waals surface area contributed by atoms with Crippen LogP contribution in [0.2, 0.25) is 0 Å². The molecule has 1 aliphatic carbocycles. The highest BCUT2D eigenvalue weighted by atomic mass is 16.5. The lowest BCUT2D eigenvalue weighted by molar-refractivity contribution is 0.130. The summed E-state index contributed by atoms with van der Waals surface area (Å²) in [4.78, 5) is 4.50. The highest BCUT2D eigenvalue weighted by molar-refractivity contribution is 5.35. The molecule has 0 spiro atoms. The van der Waals surface area contributed by atoms with Gasteiger partial charge < -0.3 is 9.64 Å². The number of nitrogens with zero attached hydrogens (tertiary/aromatic N) is 4. The summed E-state index contributed by atoms with van der Waals surface area (Å²) in [6.07, 6.45) is 11.2. The Morgan fingerprint density at radius 2 is 1.96 bits per heavy atom. The van der Waals surface area contributed by atoms with Crippen LogP contribution in [-0.2, 0) is 0 Å². The third-order valence-corrected chi connectivity index (χ3v) is 5.22. The summed E-state index contributed by atoms with van der Waals surface area (Å²) in [5, 5.41) is 8.44. The van der Waals surface area contributed by atoms with Crippen LogP contribution in [0.25, 0.3) is 0 Å². The van der Waals surface area contributed by atoms with Crippen LogP contribution in [0.5, 0.6) is 5.88 Å². The first-order valence-electron chi connectivity index (χ1n) is 9.31. The first kappa shape index (κ1) is 17.9. The molecule has 0 N–H and O–H groups in total. The molecule has 3 rings (SSSR count). The largest absolute Gasteiger partial charge is 0.472 e. The molecule has 3 atom stereocenters. The molecule has 0 radical (unpaired) electrons. The van der Waals surface area contributed by atoms with Crippen molar-refractivity contribution in [3.05, 3.63) is 36.9 Å². The fraction of sp³-hybridized carbons (Fsp3) is 0.600. The second-order valence-corrected chi connectivity index (χ2v) is 7.41. The average Bonchev–Trinajstić information content (AvgIpc) is 3.02. The first-order valence-corrected chi connectivity index (χ1v) is 9.31. The minimum Gasteiger partial charge on any atom is -0.472 e. The van der Waals surface area contributed by atoms with Crippen molar-refractivity contribution in [2.24, 2.45) is 11.8 Å². The SMILES string of the molecule is C=CCC[C@H](CN1C[C@H]2CC=CC[C@H]2C1)Oc1ccc(N(C)C)nn1. The maximum atomic E-state index is 6.17. The van der Waals surface area contributed by atoms with Crippen molar-refractivity contribution >= 4 is 5.82 Å².